The van der Waals surface area contributed by atoms with Crippen LogP contribution in [-0.4, -0.2) is 59.3 Å². The van der Waals surface area contributed by atoms with Crippen LogP contribution in [-0.2, 0) is 16.6 Å². The summed E-state index contributed by atoms with van der Waals surface area (Å²) in [6.07, 6.45) is 6.93. The summed E-state index contributed by atoms with van der Waals surface area (Å²) in [5.74, 6) is 1.22. The largest absolute Gasteiger partial charge is 0.329 e. The van der Waals surface area contributed by atoms with Crippen molar-refractivity contribution in [3.8, 4) is 0 Å². The number of nitrogens with one attached hydrogen (secondary N) is 1. The van der Waals surface area contributed by atoms with Crippen LogP contribution in [0.4, 0.5) is 0 Å². The van der Waals surface area contributed by atoms with Crippen LogP contribution in [0.2, 0.25) is 0 Å². The molecule has 0 spiro atoms. The van der Waals surface area contributed by atoms with Gasteiger partial charge in [0.1, 0.15) is 12.6 Å². The zero-order valence-corrected chi connectivity index (χ0v) is 18.5. The van der Waals surface area contributed by atoms with E-state index in [1.165, 1.54) is 24.9 Å². The highest BCUT2D eigenvalue weighted by Gasteiger charge is 2.27. The number of aldehydes is 2. The third kappa shape index (κ3) is 4.53. The van der Waals surface area contributed by atoms with E-state index >= 15 is 0 Å². The van der Waals surface area contributed by atoms with Gasteiger partial charge in [-0.25, -0.2) is 4.79 Å². The number of nitrogens with zero attached hydrogens (tertiary/aromatic N) is 3. The number of carbonyl (C=O) groups is 2. The number of para-hydroxylation sites is 1. The van der Waals surface area contributed by atoms with E-state index in [1.54, 1.807) is 16.2 Å². The van der Waals surface area contributed by atoms with Gasteiger partial charge in [0.25, 0.3) is 0 Å². The molecule has 0 bridgehead atoms. The summed E-state index contributed by atoms with van der Waals surface area (Å²) < 4.78 is 3.26. The van der Waals surface area contributed by atoms with Crippen LogP contribution in [0.5, 0.6) is 0 Å². The molecule has 0 aliphatic carbocycles. The average molecular weight is 427 g/mol. The predicted molar refractivity (Wildman–Crippen MR) is 122 cm³/mol. The van der Waals surface area contributed by atoms with Crippen LogP contribution < -0.4 is 11.0 Å². The van der Waals surface area contributed by atoms with E-state index in [-0.39, 0.29) is 12.1 Å². The highest BCUT2D eigenvalue weighted by atomic mass is 16.2. The Hall–Kier alpha value is -2.25. The number of hydrogen-bond acceptors (Lipinski definition) is 5. The summed E-state index contributed by atoms with van der Waals surface area (Å²) in [4.78, 5) is 38.2. The first-order chi connectivity index (χ1) is 15.1. The molecule has 2 fully saturated rings. The lowest BCUT2D eigenvalue weighted by atomic mass is 9.87. The molecule has 4 rings (SSSR count). The fourth-order valence-corrected chi connectivity index (χ4v) is 5.47. The van der Waals surface area contributed by atoms with Gasteiger partial charge in [-0.2, -0.15) is 0 Å². The van der Waals surface area contributed by atoms with Crippen LogP contribution in [0, 0.1) is 5.92 Å². The van der Waals surface area contributed by atoms with E-state index in [0.29, 0.717) is 12.3 Å². The number of hydrogen-bond donors (Lipinski definition) is 1. The van der Waals surface area contributed by atoms with Crippen molar-refractivity contribution in [2.75, 3.05) is 32.7 Å². The zero-order chi connectivity index (χ0) is 21.8. The van der Waals surface area contributed by atoms with Crippen molar-refractivity contribution in [3.05, 3.63) is 34.2 Å². The van der Waals surface area contributed by atoms with Crippen LogP contribution in [0.3, 0.4) is 0 Å². The maximum atomic E-state index is 13.0. The molecule has 1 aromatic carbocycles. The Kier molecular flexibility index (Phi) is 7.02. The monoisotopic (exact) mass is 426 g/mol. The van der Waals surface area contributed by atoms with Crippen LogP contribution in [0.25, 0.3) is 11.0 Å². The fourth-order valence-electron chi connectivity index (χ4n) is 5.47. The Morgan fingerprint density at radius 2 is 1.87 bits per heavy atom. The van der Waals surface area contributed by atoms with Gasteiger partial charge in [-0.3, -0.25) is 9.13 Å². The number of aryl methyl sites for hydroxylation is 1. The number of piperidine rings is 2. The molecule has 1 atom stereocenters. The normalized spacial score (nSPS) is 20.2. The molecule has 7 nitrogen and oxygen atoms in total. The van der Waals surface area contributed by atoms with Crippen molar-refractivity contribution < 1.29 is 9.59 Å². The van der Waals surface area contributed by atoms with Gasteiger partial charge in [0.2, 0.25) is 0 Å². The number of imidazole rings is 1. The van der Waals surface area contributed by atoms with Gasteiger partial charge in [-0.15, -0.1) is 0 Å². The Bertz CT molecular complexity index is 965. The number of rotatable bonds is 8. The minimum Gasteiger partial charge on any atom is -0.317 e. The molecule has 0 amide bonds. The summed E-state index contributed by atoms with van der Waals surface area (Å²) in [7, 11) is 1.79. The van der Waals surface area contributed by atoms with Crippen LogP contribution >= 0.6 is 0 Å². The van der Waals surface area contributed by atoms with E-state index < -0.39 is 6.04 Å². The Morgan fingerprint density at radius 1 is 1.13 bits per heavy atom. The molecule has 2 aromatic rings. The van der Waals surface area contributed by atoms with Crippen LogP contribution in [0.1, 0.15) is 56.0 Å². The first-order valence-electron chi connectivity index (χ1n) is 11.7. The maximum absolute atomic E-state index is 13.0. The summed E-state index contributed by atoms with van der Waals surface area (Å²) in [6, 6.07) is 5.45. The van der Waals surface area contributed by atoms with Crippen LogP contribution in [0.15, 0.2) is 23.0 Å². The molecule has 1 aromatic heterocycles. The van der Waals surface area contributed by atoms with Crippen molar-refractivity contribution in [2.45, 2.75) is 50.5 Å². The van der Waals surface area contributed by atoms with E-state index in [9.17, 15) is 14.4 Å². The molecular formula is C24H34N4O3. The lowest BCUT2D eigenvalue weighted by molar-refractivity contribution is -0.111. The highest BCUT2D eigenvalue weighted by Crippen LogP contribution is 2.34. The third-order valence-electron chi connectivity index (χ3n) is 7.21. The van der Waals surface area contributed by atoms with Gasteiger partial charge in [0.05, 0.1) is 17.1 Å². The molecule has 2 saturated heterocycles. The molecular weight excluding hydrogens is 392 g/mol. The highest BCUT2D eigenvalue weighted by molar-refractivity contribution is 5.81. The quantitative estimate of drug-likeness (QED) is 0.655. The van der Waals surface area contributed by atoms with Gasteiger partial charge >= 0.3 is 5.69 Å². The number of likely N-dealkylation sites (tertiary alicyclic amines) is 1. The number of fused-ring (bicyclic) bond motifs is 1. The van der Waals surface area contributed by atoms with Gasteiger partial charge in [-0.1, -0.05) is 12.1 Å². The molecule has 3 heterocycles. The van der Waals surface area contributed by atoms with E-state index in [4.69, 9.17) is 0 Å². The second-order valence-electron chi connectivity index (χ2n) is 9.14. The topological polar surface area (TPSA) is 76.3 Å². The molecule has 1 N–H and O–H groups in total. The molecule has 168 valence electrons. The minimum atomic E-state index is -0.608. The molecule has 0 saturated carbocycles. The van der Waals surface area contributed by atoms with Gasteiger partial charge in [-0.05, 0) is 81.7 Å². The lowest BCUT2D eigenvalue weighted by Gasteiger charge is -2.35. The van der Waals surface area contributed by atoms with Gasteiger partial charge in [0, 0.05) is 20.0 Å². The Morgan fingerprint density at radius 3 is 2.55 bits per heavy atom. The fraction of sp³-hybridized carbons (Fsp3) is 0.625. The zero-order valence-electron chi connectivity index (χ0n) is 18.5. The SMILES string of the molecule is Cn1c(=O)n(C(C=O)CCC=O)c2cccc(C3CCN(CC4CCNCC4)CC3)c21. The number of benzene rings is 1. The van der Waals surface area contributed by atoms with Crippen molar-refractivity contribution in [3.63, 3.8) is 0 Å². The summed E-state index contributed by atoms with van der Waals surface area (Å²) in [5, 5.41) is 3.45. The minimum absolute atomic E-state index is 0.186. The van der Waals surface area contributed by atoms with Crippen molar-refractivity contribution in [1.82, 2.24) is 19.4 Å². The van der Waals surface area contributed by atoms with Crippen molar-refractivity contribution in [2.24, 2.45) is 13.0 Å². The van der Waals surface area contributed by atoms with E-state index in [1.807, 2.05) is 12.1 Å². The Balaban J connectivity index is 1.55. The Labute approximate surface area is 183 Å². The number of carbonyl (C=O) groups excluding carboxylic acids is 2. The second kappa shape index (κ2) is 9.92. The summed E-state index contributed by atoms with van der Waals surface area (Å²) >= 11 is 0. The van der Waals surface area contributed by atoms with Crippen molar-refractivity contribution in [1.29, 1.82) is 0 Å². The van der Waals surface area contributed by atoms with E-state index in [0.717, 1.165) is 68.5 Å². The van der Waals surface area contributed by atoms with E-state index in [2.05, 4.69) is 16.3 Å². The molecule has 2 aliphatic rings. The first kappa shape index (κ1) is 22.0. The van der Waals surface area contributed by atoms with Crippen molar-refractivity contribution >= 4 is 23.6 Å². The molecule has 1 unspecified atom stereocenters. The predicted octanol–water partition coefficient (Wildman–Crippen LogP) is 2.24. The molecule has 2 aliphatic heterocycles. The molecule has 0 radical (unpaired) electrons. The third-order valence-corrected chi connectivity index (χ3v) is 7.21. The average Bonchev–Trinajstić information content (AvgIpc) is 3.06. The smallest absolute Gasteiger partial charge is 0.317 e. The van der Waals surface area contributed by atoms with Gasteiger partial charge in [0.15, 0.2) is 0 Å². The molecule has 31 heavy (non-hydrogen) atoms. The molecule has 7 heteroatoms. The lowest BCUT2D eigenvalue weighted by Crippen LogP contribution is -2.39. The first-order valence-corrected chi connectivity index (χ1v) is 11.7. The summed E-state index contributed by atoms with van der Waals surface area (Å²) in [5.41, 5.74) is 2.75. The number of aromatic nitrogens is 2. The summed E-state index contributed by atoms with van der Waals surface area (Å²) in [6.45, 7) is 5.67. The standard InChI is InChI=1S/C24H34N4O3/c1-26-23-21(19-9-13-27(14-10-19)16-18-7-11-25-12-8-18)5-2-6-22(23)28(24(26)31)20(17-30)4-3-15-29/h2,5-6,15,17-20,25H,3-4,7-14,16H2,1H3. The maximum Gasteiger partial charge on any atom is 0.329 e. The second-order valence-corrected chi connectivity index (χ2v) is 9.14. The van der Waals surface area contributed by atoms with Gasteiger partial charge < -0.3 is 19.8 Å².